The smallest absolute Gasteiger partial charge is 0.147 e. The van der Waals surface area contributed by atoms with Gasteiger partial charge in [-0.3, -0.25) is 4.99 Å². The molecule has 2 aliphatic rings. The minimum atomic E-state index is 0.0266. The molecule has 0 saturated heterocycles. The molecule has 1 unspecified atom stereocenters. The maximum atomic E-state index is 5.36. The van der Waals surface area contributed by atoms with Crippen molar-refractivity contribution in [3.05, 3.63) is 36.3 Å². The Labute approximate surface area is 59.2 Å². The number of allylic oxidation sites excluding steroid dienone is 1. The second-order valence-electron chi connectivity index (χ2n) is 2.18. The molecule has 0 N–H and O–H groups in total. The van der Waals surface area contributed by atoms with Crippen molar-refractivity contribution in [2.24, 2.45) is 4.99 Å². The van der Waals surface area contributed by atoms with Crippen LogP contribution < -0.4 is 0 Å². The van der Waals surface area contributed by atoms with Crippen LogP contribution in [0, 0.1) is 0 Å². The Morgan fingerprint density at radius 1 is 1.70 bits per heavy atom. The fourth-order valence-electron chi connectivity index (χ4n) is 1.01. The van der Waals surface area contributed by atoms with Gasteiger partial charge in [0.1, 0.15) is 17.6 Å². The Balaban J connectivity index is 2.32. The van der Waals surface area contributed by atoms with Gasteiger partial charge in [-0.2, -0.15) is 0 Å². The van der Waals surface area contributed by atoms with Gasteiger partial charge in [-0.25, -0.2) is 0 Å². The van der Waals surface area contributed by atoms with Crippen LogP contribution in [0.5, 0.6) is 0 Å². The standard InChI is InChI=1S/C8H7NO/c1-2-6-5-7-8(10-6)3-4-9-7/h2-6H,1H2. The first kappa shape index (κ1) is 5.47. The van der Waals surface area contributed by atoms with E-state index in [1.54, 1.807) is 12.3 Å². The van der Waals surface area contributed by atoms with Crippen molar-refractivity contribution < 1.29 is 4.74 Å². The Hall–Kier alpha value is -1.31. The van der Waals surface area contributed by atoms with Gasteiger partial charge in [0.15, 0.2) is 0 Å². The number of fused-ring (bicyclic) bond motifs is 1. The van der Waals surface area contributed by atoms with Crippen LogP contribution >= 0.6 is 0 Å². The van der Waals surface area contributed by atoms with E-state index in [0.29, 0.717) is 0 Å². The molecule has 0 aliphatic carbocycles. The largest absolute Gasteiger partial charge is 0.480 e. The highest BCUT2D eigenvalue weighted by Gasteiger charge is 2.20. The zero-order valence-electron chi connectivity index (χ0n) is 5.45. The summed E-state index contributed by atoms with van der Waals surface area (Å²) in [5.74, 6) is 0.866. The summed E-state index contributed by atoms with van der Waals surface area (Å²) in [6.07, 6.45) is 7.32. The van der Waals surface area contributed by atoms with Crippen molar-refractivity contribution in [3.63, 3.8) is 0 Å². The molecule has 1 atom stereocenters. The number of rotatable bonds is 1. The van der Waals surface area contributed by atoms with Crippen LogP contribution in [0.15, 0.2) is 41.3 Å². The number of hydrogen-bond acceptors (Lipinski definition) is 2. The van der Waals surface area contributed by atoms with Crippen molar-refractivity contribution in [3.8, 4) is 0 Å². The predicted molar refractivity (Wildman–Crippen MR) is 39.7 cm³/mol. The van der Waals surface area contributed by atoms with Crippen molar-refractivity contribution in [1.82, 2.24) is 0 Å². The van der Waals surface area contributed by atoms with E-state index in [4.69, 9.17) is 4.74 Å². The lowest BCUT2D eigenvalue weighted by molar-refractivity contribution is 0.220. The zero-order chi connectivity index (χ0) is 6.97. The monoisotopic (exact) mass is 133 g/mol. The molecule has 0 saturated carbocycles. The molecule has 50 valence electrons. The lowest BCUT2D eigenvalue weighted by Crippen LogP contribution is -1.96. The van der Waals surface area contributed by atoms with Gasteiger partial charge in [0.2, 0.25) is 0 Å². The molecule has 0 aromatic carbocycles. The topological polar surface area (TPSA) is 21.6 Å². The van der Waals surface area contributed by atoms with Crippen LogP contribution in [0.1, 0.15) is 0 Å². The van der Waals surface area contributed by atoms with Gasteiger partial charge in [0.05, 0.1) is 0 Å². The average Bonchev–Trinajstić information content (AvgIpc) is 2.42. The summed E-state index contributed by atoms with van der Waals surface area (Å²) in [5, 5.41) is 0. The SMILES string of the molecule is C=CC1C=C2N=CC=C2O1. The third kappa shape index (κ3) is 0.620. The first-order chi connectivity index (χ1) is 4.90. The van der Waals surface area contributed by atoms with Crippen LogP contribution in [0.2, 0.25) is 0 Å². The molecule has 2 rings (SSSR count). The Morgan fingerprint density at radius 2 is 2.60 bits per heavy atom. The van der Waals surface area contributed by atoms with Gasteiger partial charge in [0.25, 0.3) is 0 Å². The third-order valence-corrected chi connectivity index (χ3v) is 1.51. The van der Waals surface area contributed by atoms with E-state index in [-0.39, 0.29) is 6.10 Å². The second kappa shape index (κ2) is 1.84. The van der Waals surface area contributed by atoms with E-state index < -0.39 is 0 Å². The summed E-state index contributed by atoms with van der Waals surface area (Å²) in [6.45, 7) is 3.62. The highest BCUT2D eigenvalue weighted by atomic mass is 16.5. The Kier molecular flexibility index (Phi) is 1.01. The van der Waals surface area contributed by atoms with Crippen LogP contribution in [0.25, 0.3) is 0 Å². The maximum absolute atomic E-state index is 5.36. The maximum Gasteiger partial charge on any atom is 0.147 e. The quantitative estimate of drug-likeness (QED) is 0.496. The summed E-state index contributed by atoms with van der Waals surface area (Å²) in [5.41, 5.74) is 0.935. The molecule has 0 fully saturated rings. The van der Waals surface area contributed by atoms with Crippen LogP contribution in [-0.4, -0.2) is 12.3 Å². The minimum Gasteiger partial charge on any atom is -0.480 e. The Morgan fingerprint density at radius 3 is 3.30 bits per heavy atom. The van der Waals surface area contributed by atoms with E-state index >= 15 is 0 Å². The van der Waals surface area contributed by atoms with E-state index in [1.807, 2.05) is 12.2 Å². The lowest BCUT2D eigenvalue weighted by atomic mass is 10.3. The normalized spacial score (nSPS) is 27.0. The molecular formula is C8H7NO. The lowest BCUT2D eigenvalue weighted by Gasteiger charge is -2.01. The van der Waals surface area contributed by atoms with Gasteiger partial charge in [-0.1, -0.05) is 6.58 Å². The summed E-state index contributed by atoms with van der Waals surface area (Å²) in [7, 11) is 0. The molecule has 0 bridgehead atoms. The van der Waals surface area contributed by atoms with Crippen molar-refractivity contribution in [1.29, 1.82) is 0 Å². The summed E-state index contributed by atoms with van der Waals surface area (Å²) in [4.78, 5) is 4.07. The number of hydrogen-bond donors (Lipinski definition) is 0. The molecule has 0 aromatic rings. The molecular weight excluding hydrogens is 126 g/mol. The molecule has 2 nitrogen and oxygen atoms in total. The van der Waals surface area contributed by atoms with Gasteiger partial charge in [-0.05, 0) is 12.2 Å². The van der Waals surface area contributed by atoms with Crippen molar-refractivity contribution in [2.75, 3.05) is 0 Å². The predicted octanol–water partition coefficient (Wildman–Crippen LogP) is 1.42. The van der Waals surface area contributed by atoms with E-state index in [1.165, 1.54) is 0 Å². The number of aliphatic imine (C=N–C) groups is 1. The summed E-state index contributed by atoms with van der Waals surface area (Å²) >= 11 is 0. The second-order valence-corrected chi connectivity index (χ2v) is 2.18. The van der Waals surface area contributed by atoms with Gasteiger partial charge >= 0.3 is 0 Å². The number of nitrogens with zero attached hydrogens (tertiary/aromatic N) is 1. The zero-order valence-corrected chi connectivity index (χ0v) is 5.45. The van der Waals surface area contributed by atoms with Crippen molar-refractivity contribution >= 4 is 6.21 Å². The first-order valence-corrected chi connectivity index (χ1v) is 3.16. The molecule has 10 heavy (non-hydrogen) atoms. The van der Waals surface area contributed by atoms with Gasteiger partial charge in [0, 0.05) is 12.3 Å². The molecule has 0 aromatic heterocycles. The Bertz CT molecular complexity index is 260. The average molecular weight is 133 g/mol. The fourth-order valence-corrected chi connectivity index (χ4v) is 1.01. The summed E-state index contributed by atoms with van der Waals surface area (Å²) < 4.78 is 5.36. The van der Waals surface area contributed by atoms with Crippen LogP contribution in [-0.2, 0) is 4.74 Å². The fraction of sp³-hybridized carbons (Fsp3) is 0.125. The highest BCUT2D eigenvalue weighted by molar-refractivity contribution is 5.79. The van der Waals surface area contributed by atoms with Gasteiger partial charge < -0.3 is 4.74 Å². The molecule has 0 spiro atoms. The molecule has 2 heterocycles. The molecule has 2 heteroatoms. The van der Waals surface area contributed by atoms with E-state index in [9.17, 15) is 0 Å². The third-order valence-electron chi connectivity index (χ3n) is 1.51. The molecule has 0 radical (unpaired) electrons. The van der Waals surface area contributed by atoms with Gasteiger partial charge in [-0.15, -0.1) is 0 Å². The van der Waals surface area contributed by atoms with Crippen molar-refractivity contribution in [2.45, 2.75) is 6.10 Å². The van der Waals surface area contributed by atoms with Crippen LogP contribution in [0.4, 0.5) is 0 Å². The summed E-state index contributed by atoms with van der Waals surface area (Å²) in [6, 6.07) is 0. The van der Waals surface area contributed by atoms with E-state index in [0.717, 1.165) is 11.5 Å². The molecule has 0 amide bonds. The first-order valence-electron chi connectivity index (χ1n) is 3.16. The highest BCUT2D eigenvalue weighted by Crippen LogP contribution is 2.26. The van der Waals surface area contributed by atoms with E-state index in [2.05, 4.69) is 11.6 Å². The number of ether oxygens (including phenoxy) is 1. The van der Waals surface area contributed by atoms with Crippen LogP contribution in [0.3, 0.4) is 0 Å². The molecule has 2 aliphatic heterocycles. The minimum absolute atomic E-state index is 0.0266.